The Morgan fingerprint density at radius 1 is 1.36 bits per heavy atom. The first-order valence-corrected chi connectivity index (χ1v) is 3.81. The molecule has 7 nitrogen and oxygen atoms in total. The summed E-state index contributed by atoms with van der Waals surface area (Å²) in [6.45, 7) is 0. The third-order valence-electron chi connectivity index (χ3n) is 1.68. The number of hydrogen-bond donors (Lipinski definition) is 4. The minimum Gasteiger partial charge on any atom is -0.306 e. The molecular formula is C7H7N5O2. The van der Waals surface area contributed by atoms with Crippen LogP contribution in [0.3, 0.4) is 0 Å². The van der Waals surface area contributed by atoms with E-state index in [1.165, 1.54) is 5.48 Å². The minimum atomic E-state index is -0.701. The molecule has 0 aliphatic heterocycles. The van der Waals surface area contributed by atoms with Gasteiger partial charge in [-0.1, -0.05) is 0 Å². The predicted octanol–water partition coefficient (Wildman–Crippen LogP) is 0.469. The largest absolute Gasteiger partial charge is 0.342 e. The molecule has 0 atom stereocenters. The van der Waals surface area contributed by atoms with Gasteiger partial charge in [0.2, 0.25) is 0 Å². The Balaban J connectivity index is 2.30. The van der Waals surface area contributed by atoms with Crippen molar-refractivity contribution in [2.75, 3.05) is 5.32 Å². The topological polar surface area (TPSA) is 103 Å². The molecule has 0 saturated heterocycles. The smallest absolute Gasteiger partial charge is 0.306 e. The van der Waals surface area contributed by atoms with Gasteiger partial charge in [-0.15, -0.1) is 0 Å². The fourth-order valence-corrected chi connectivity index (χ4v) is 1.08. The standard InChI is InChI=1S/C7H7N5O2/c13-7(11-14)8-4-1-2-5-6(3-4)10-12-9-5/h1-3,14H,(H2,8,11,13)(H,9,10,12). The maximum atomic E-state index is 10.7. The van der Waals surface area contributed by atoms with Crippen molar-refractivity contribution in [3.05, 3.63) is 18.2 Å². The zero-order chi connectivity index (χ0) is 9.97. The maximum absolute atomic E-state index is 10.7. The number of carbonyl (C=O) groups excluding carboxylic acids is 1. The zero-order valence-electron chi connectivity index (χ0n) is 6.98. The van der Waals surface area contributed by atoms with Crippen LogP contribution < -0.4 is 10.8 Å². The van der Waals surface area contributed by atoms with Gasteiger partial charge in [0.1, 0.15) is 11.0 Å². The van der Waals surface area contributed by atoms with Gasteiger partial charge in [0, 0.05) is 5.69 Å². The molecule has 0 saturated carbocycles. The molecule has 1 aromatic carbocycles. The molecule has 14 heavy (non-hydrogen) atoms. The van der Waals surface area contributed by atoms with Crippen molar-refractivity contribution < 1.29 is 10.0 Å². The number of urea groups is 1. The molecule has 0 radical (unpaired) electrons. The van der Waals surface area contributed by atoms with Crippen LogP contribution >= 0.6 is 0 Å². The first-order valence-electron chi connectivity index (χ1n) is 3.81. The Kier molecular flexibility index (Phi) is 1.99. The average molecular weight is 193 g/mol. The number of H-pyrrole nitrogens is 1. The number of nitrogens with zero attached hydrogens (tertiary/aromatic N) is 2. The molecule has 0 unspecified atom stereocenters. The molecule has 0 bridgehead atoms. The maximum Gasteiger partial charge on any atom is 0.342 e. The Labute approximate surface area is 78.1 Å². The molecule has 72 valence electrons. The summed E-state index contributed by atoms with van der Waals surface area (Å²) in [5.74, 6) is 0. The molecule has 0 aliphatic rings. The molecule has 1 aromatic heterocycles. The van der Waals surface area contributed by atoms with Crippen molar-refractivity contribution >= 4 is 22.8 Å². The monoisotopic (exact) mass is 193 g/mol. The lowest BCUT2D eigenvalue weighted by molar-refractivity contribution is 0.172. The van der Waals surface area contributed by atoms with Crippen LogP contribution in [0, 0.1) is 0 Å². The van der Waals surface area contributed by atoms with Crippen molar-refractivity contribution in [3.63, 3.8) is 0 Å². The first-order chi connectivity index (χ1) is 6.79. The van der Waals surface area contributed by atoms with E-state index < -0.39 is 6.03 Å². The molecule has 1 heterocycles. The average Bonchev–Trinajstić information content (AvgIpc) is 2.64. The summed E-state index contributed by atoms with van der Waals surface area (Å²) in [4.78, 5) is 10.7. The van der Waals surface area contributed by atoms with Gasteiger partial charge in [0.05, 0.1) is 0 Å². The van der Waals surface area contributed by atoms with E-state index in [9.17, 15) is 4.79 Å². The Morgan fingerprint density at radius 3 is 2.93 bits per heavy atom. The van der Waals surface area contributed by atoms with Crippen LogP contribution in [0.1, 0.15) is 0 Å². The number of hydroxylamine groups is 1. The van der Waals surface area contributed by atoms with Gasteiger partial charge < -0.3 is 5.32 Å². The summed E-state index contributed by atoms with van der Waals surface area (Å²) in [6.07, 6.45) is 0. The van der Waals surface area contributed by atoms with Crippen LogP contribution in [-0.2, 0) is 0 Å². The fourth-order valence-electron chi connectivity index (χ4n) is 1.08. The van der Waals surface area contributed by atoms with Crippen LogP contribution in [0.25, 0.3) is 11.0 Å². The van der Waals surface area contributed by atoms with Gasteiger partial charge in [-0.3, -0.25) is 5.21 Å². The molecule has 0 spiro atoms. The van der Waals surface area contributed by atoms with Gasteiger partial charge in [-0.05, 0) is 18.2 Å². The molecule has 0 aliphatic carbocycles. The molecule has 0 fully saturated rings. The van der Waals surface area contributed by atoms with E-state index in [-0.39, 0.29) is 0 Å². The van der Waals surface area contributed by atoms with Gasteiger partial charge in [0.15, 0.2) is 0 Å². The lowest BCUT2D eigenvalue weighted by Gasteiger charge is -2.01. The number of anilines is 1. The summed E-state index contributed by atoms with van der Waals surface area (Å²) < 4.78 is 0. The Bertz CT molecular complexity index is 466. The van der Waals surface area contributed by atoms with Crippen LogP contribution in [0.15, 0.2) is 18.2 Å². The molecule has 4 N–H and O–H groups in total. The number of aromatic nitrogens is 3. The second-order valence-electron chi connectivity index (χ2n) is 2.59. The van der Waals surface area contributed by atoms with E-state index in [2.05, 4.69) is 20.7 Å². The second-order valence-corrected chi connectivity index (χ2v) is 2.59. The van der Waals surface area contributed by atoms with Gasteiger partial charge in [-0.2, -0.15) is 15.4 Å². The number of rotatable bonds is 1. The SMILES string of the molecule is O=C(NO)Nc1ccc2n[nH]nc2c1. The quantitative estimate of drug-likeness (QED) is 0.390. The Morgan fingerprint density at radius 2 is 2.14 bits per heavy atom. The highest BCUT2D eigenvalue weighted by molar-refractivity contribution is 5.90. The third kappa shape index (κ3) is 1.48. The van der Waals surface area contributed by atoms with Crippen LogP contribution in [0.2, 0.25) is 0 Å². The van der Waals surface area contributed by atoms with E-state index in [0.29, 0.717) is 16.7 Å². The summed E-state index contributed by atoms with van der Waals surface area (Å²) in [7, 11) is 0. The van der Waals surface area contributed by atoms with Gasteiger partial charge in [-0.25, -0.2) is 10.3 Å². The number of carbonyl (C=O) groups is 1. The molecule has 2 aromatic rings. The second kappa shape index (κ2) is 3.30. The first kappa shape index (κ1) is 8.45. The van der Waals surface area contributed by atoms with Crippen LogP contribution in [-0.4, -0.2) is 26.6 Å². The predicted molar refractivity (Wildman–Crippen MR) is 47.8 cm³/mol. The molecule has 2 rings (SSSR count). The number of fused-ring (bicyclic) bond motifs is 1. The molecule has 7 heteroatoms. The van der Waals surface area contributed by atoms with Crippen molar-refractivity contribution in [1.82, 2.24) is 20.9 Å². The third-order valence-corrected chi connectivity index (χ3v) is 1.68. The number of nitrogens with one attached hydrogen (secondary N) is 3. The van der Waals surface area contributed by atoms with Crippen molar-refractivity contribution in [2.24, 2.45) is 0 Å². The number of amides is 2. The van der Waals surface area contributed by atoms with E-state index in [4.69, 9.17) is 5.21 Å². The van der Waals surface area contributed by atoms with Crippen molar-refractivity contribution in [2.45, 2.75) is 0 Å². The van der Waals surface area contributed by atoms with Crippen LogP contribution in [0.4, 0.5) is 10.5 Å². The highest BCUT2D eigenvalue weighted by Gasteiger charge is 2.02. The number of aromatic amines is 1. The lowest BCUT2D eigenvalue weighted by Crippen LogP contribution is -2.24. The molecule has 2 amide bonds. The zero-order valence-corrected chi connectivity index (χ0v) is 6.98. The van der Waals surface area contributed by atoms with Crippen molar-refractivity contribution in [3.8, 4) is 0 Å². The van der Waals surface area contributed by atoms with Gasteiger partial charge >= 0.3 is 6.03 Å². The lowest BCUT2D eigenvalue weighted by atomic mass is 10.3. The highest BCUT2D eigenvalue weighted by Crippen LogP contribution is 2.14. The van der Waals surface area contributed by atoms with E-state index >= 15 is 0 Å². The highest BCUT2D eigenvalue weighted by atomic mass is 16.5. The minimum absolute atomic E-state index is 0.526. The summed E-state index contributed by atoms with van der Waals surface area (Å²) in [5.41, 5.74) is 3.34. The number of hydrogen-bond acceptors (Lipinski definition) is 4. The molecular weight excluding hydrogens is 186 g/mol. The number of benzene rings is 1. The van der Waals surface area contributed by atoms with E-state index in [1.54, 1.807) is 18.2 Å². The normalized spacial score (nSPS) is 10.1. The Hall–Kier alpha value is -2.15. The van der Waals surface area contributed by atoms with E-state index in [0.717, 1.165) is 0 Å². The van der Waals surface area contributed by atoms with Gasteiger partial charge in [0.25, 0.3) is 0 Å². The summed E-state index contributed by atoms with van der Waals surface area (Å²) in [5, 5.41) is 20.8. The van der Waals surface area contributed by atoms with E-state index in [1.807, 2.05) is 0 Å². The fraction of sp³-hybridized carbons (Fsp3) is 0. The van der Waals surface area contributed by atoms with Crippen LogP contribution in [0.5, 0.6) is 0 Å². The van der Waals surface area contributed by atoms with Crippen molar-refractivity contribution in [1.29, 1.82) is 0 Å². The summed E-state index contributed by atoms with van der Waals surface area (Å²) in [6, 6.07) is 4.29. The summed E-state index contributed by atoms with van der Waals surface area (Å²) >= 11 is 0.